The lowest BCUT2D eigenvalue weighted by molar-refractivity contribution is 0.0526. The standard InChI is InChI=1S/C19H25N3O3/c1-3-25-19(24)16-12-20-17-7-5-4-6-15(17)18(16)22-10-8-21(9-11-22)13-14(2)23/h4-7,12,14,23H,3,8-11,13H2,1-2H3/t14-/m1/s1. The van der Waals surface area contributed by atoms with E-state index in [0.29, 0.717) is 18.7 Å². The Morgan fingerprint density at radius 2 is 2.00 bits per heavy atom. The summed E-state index contributed by atoms with van der Waals surface area (Å²) in [6.45, 7) is 7.93. The number of piperazine rings is 1. The predicted octanol–water partition coefficient (Wildman–Crippen LogP) is 1.91. The summed E-state index contributed by atoms with van der Waals surface area (Å²) in [5.74, 6) is -0.331. The van der Waals surface area contributed by atoms with Crippen LogP contribution in [-0.2, 0) is 4.74 Å². The van der Waals surface area contributed by atoms with Gasteiger partial charge in [-0.25, -0.2) is 4.79 Å². The zero-order valence-electron chi connectivity index (χ0n) is 14.8. The Hall–Kier alpha value is -2.18. The summed E-state index contributed by atoms with van der Waals surface area (Å²) in [4.78, 5) is 21.3. The number of nitrogens with zero attached hydrogens (tertiary/aromatic N) is 3. The number of ether oxygens (including phenoxy) is 1. The first-order chi connectivity index (χ1) is 12.1. The van der Waals surface area contributed by atoms with Crippen molar-refractivity contribution in [1.82, 2.24) is 9.88 Å². The van der Waals surface area contributed by atoms with Crippen LogP contribution in [0.5, 0.6) is 0 Å². The number of esters is 1. The lowest BCUT2D eigenvalue weighted by atomic mass is 10.1. The van der Waals surface area contributed by atoms with E-state index in [0.717, 1.165) is 42.8 Å². The fraction of sp³-hybridized carbons (Fsp3) is 0.474. The molecule has 0 radical (unpaired) electrons. The number of aliphatic hydroxyl groups excluding tert-OH is 1. The molecule has 0 bridgehead atoms. The molecule has 1 aromatic carbocycles. The van der Waals surface area contributed by atoms with Crippen LogP contribution in [0.1, 0.15) is 24.2 Å². The molecule has 1 atom stereocenters. The summed E-state index contributed by atoms with van der Waals surface area (Å²) < 4.78 is 5.23. The van der Waals surface area contributed by atoms with E-state index < -0.39 is 0 Å². The average Bonchev–Trinajstić information content (AvgIpc) is 2.61. The molecule has 2 aromatic rings. The number of hydrogen-bond donors (Lipinski definition) is 1. The average molecular weight is 343 g/mol. The van der Waals surface area contributed by atoms with E-state index in [1.165, 1.54) is 0 Å². The second-order valence-electron chi connectivity index (χ2n) is 6.39. The number of fused-ring (bicyclic) bond motifs is 1. The molecule has 25 heavy (non-hydrogen) atoms. The molecule has 3 rings (SSSR count). The van der Waals surface area contributed by atoms with Gasteiger partial charge in [0.2, 0.25) is 0 Å². The van der Waals surface area contributed by atoms with E-state index in [-0.39, 0.29) is 12.1 Å². The molecule has 1 N–H and O–H groups in total. The molecule has 0 aliphatic carbocycles. The highest BCUT2D eigenvalue weighted by molar-refractivity contribution is 6.05. The summed E-state index contributed by atoms with van der Waals surface area (Å²) in [6, 6.07) is 7.87. The molecule has 0 unspecified atom stereocenters. The quantitative estimate of drug-likeness (QED) is 0.837. The number of benzene rings is 1. The molecule has 1 saturated heterocycles. The highest BCUT2D eigenvalue weighted by atomic mass is 16.5. The van der Waals surface area contributed by atoms with Gasteiger partial charge in [0, 0.05) is 44.3 Å². The minimum absolute atomic E-state index is 0.330. The first kappa shape index (κ1) is 17.6. The summed E-state index contributed by atoms with van der Waals surface area (Å²) >= 11 is 0. The molecular formula is C19H25N3O3. The summed E-state index contributed by atoms with van der Waals surface area (Å²) in [6.07, 6.45) is 1.29. The van der Waals surface area contributed by atoms with Crippen LogP contribution in [0.15, 0.2) is 30.5 Å². The van der Waals surface area contributed by atoms with Crippen LogP contribution in [0, 0.1) is 0 Å². The third kappa shape index (κ3) is 3.91. The van der Waals surface area contributed by atoms with E-state index in [1.807, 2.05) is 31.2 Å². The number of hydrogen-bond acceptors (Lipinski definition) is 6. The van der Waals surface area contributed by atoms with Crippen molar-refractivity contribution in [3.8, 4) is 0 Å². The Morgan fingerprint density at radius 1 is 1.28 bits per heavy atom. The highest BCUT2D eigenvalue weighted by Gasteiger charge is 2.25. The van der Waals surface area contributed by atoms with Crippen molar-refractivity contribution in [2.75, 3.05) is 44.2 Å². The van der Waals surface area contributed by atoms with Gasteiger partial charge in [0.1, 0.15) is 5.56 Å². The highest BCUT2D eigenvalue weighted by Crippen LogP contribution is 2.31. The largest absolute Gasteiger partial charge is 0.462 e. The number of carbonyl (C=O) groups excluding carboxylic acids is 1. The molecule has 0 spiro atoms. The number of pyridine rings is 1. The van der Waals surface area contributed by atoms with Crippen LogP contribution >= 0.6 is 0 Å². The van der Waals surface area contributed by atoms with Crippen LogP contribution in [0.2, 0.25) is 0 Å². The van der Waals surface area contributed by atoms with E-state index in [9.17, 15) is 9.90 Å². The molecule has 134 valence electrons. The Bertz CT molecular complexity index is 740. The maximum Gasteiger partial charge on any atom is 0.341 e. The Labute approximate surface area is 148 Å². The zero-order chi connectivity index (χ0) is 17.8. The van der Waals surface area contributed by atoms with Crippen molar-refractivity contribution in [3.05, 3.63) is 36.0 Å². The van der Waals surface area contributed by atoms with Gasteiger partial charge in [0.25, 0.3) is 0 Å². The molecule has 0 saturated carbocycles. The summed E-state index contributed by atoms with van der Waals surface area (Å²) in [5, 5.41) is 10.5. The topological polar surface area (TPSA) is 65.9 Å². The smallest absolute Gasteiger partial charge is 0.341 e. The van der Waals surface area contributed by atoms with Crippen molar-refractivity contribution in [1.29, 1.82) is 0 Å². The van der Waals surface area contributed by atoms with Crippen LogP contribution in [0.25, 0.3) is 10.9 Å². The first-order valence-corrected chi connectivity index (χ1v) is 8.80. The Kier molecular flexibility index (Phi) is 5.50. The third-order valence-corrected chi connectivity index (χ3v) is 4.45. The van der Waals surface area contributed by atoms with Crippen molar-refractivity contribution < 1.29 is 14.6 Å². The van der Waals surface area contributed by atoms with Gasteiger partial charge >= 0.3 is 5.97 Å². The van der Waals surface area contributed by atoms with Gasteiger partial charge in [-0.3, -0.25) is 9.88 Å². The summed E-state index contributed by atoms with van der Waals surface area (Å²) in [7, 11) is 0. The van der Waals surface area contributed by atoms with Crippen LogP contribution in [-0.4, -0.2) is 66.4 Å². The number of aliphatic hydroxyl groups is 1. The van der Waals surface area contributed by atoms with E-state index in [1.54, 1.807) is 13.1 Å². The van der Waals surface area contributed by atoms with Crippen LogP contribution < -0.4 is 4.90 Å². The van der Waals surface area contributed by atoms with Crippen molar-refractivity contribution in [2.24, 2.45) is 0 Å². The minimum atomic E-state index is -0.331. The van der Waals surface area contributed by atoms with Crippen LogP contribution in [0.4, 0.5) is 5.69 Å². The minimum Gasteiger partial charge on any atom is -0.462 e. The van der Waals surface area contributed by atoms with Crippen molar-refractivity contribution >= 4 is 22.6 Å². The molecule has 2 heterocycles. The van der Waals surface area contributed by atoms with Gasteiger partial charge in [-0.15, -0.1) is 0 Å². The zero-order valence-corrected chi connectivity index (χ0v) is 14.8. The van der Waals surface area contributed by atoms with Gasteiger partial charge < -0.3 is 14.7 Å². The summed E-state index contributed by atoms with van der Waals surface area (Å²) in [5.41, 5.74) is 2.29. The van der Waals surface area contributed by atoms with Gasteiger partial charge in [0.15, 0.2) is 0 Å². The monoisotopic (exact) mass is 343 g/mol. The molecule has 6 nitrogen and oxygen atoms in total. The Morgan fingerprint density at radius 3 is 2.68 bits per heavy atom. The maximum atomic E-state index is 12.4. The molecular weight excluding hydrogens is 318 g/mol. The first-order valence-electron chi connectivity index (χ1n) is 8.80. The lowest BCUT2D eigenvalue weighted by Gasteiger charge is -2.37. The number of anilines is 1. The molecule has 6 heteroatoms. The maximum absolute atomic E-state index is 12.4. The van der Waals surface area contributed by atoms with Gasteiger partial charge in [-0.05, 0) is 19.9 Å². The SMILES string of the molecule is CCOC(=O)c1cnc2ccccc2c1N1CCN(C[C@@H](C)O)CC1. The third-order valence-electron chi connectivity index (χ3n) is 4.45. The molecule has 1 aliphatic heterocycles. The van der Waals surface area contributed by atoms with Crippen LogP contribution in [0.3, 0.4) is 0 Å². The number of aromatic nitrogens is 1. The van der Waals surface area contributed by atoms with Crippen molar-refractivity contribution in [2.45, 2.75) is 20.0 Å². The molecule has 1 fully saturated rings. The normalized spacial score (nSPS) is 16.8. The number of rotatable bonds is 5. The number of carbonyl (C=O) groups is 1. The fourth-order valence-corrected chi connectivity index (χ4v) is 3.35. The van der Waals surface area contributed by atoms with E-state index in [2.05, 4.69) is 14.8 Å². The second kappa shape index (κ2) is 7.80. The molecule has 1 aliphatic rings. The number of β-amino-alcohol motifs (C(OH)–C–C–N with tert-alkyl or cyclic N) is 1. The predicted molar refractivity (Wildman–Crippen MR) is 98.0 cm³/mol. The molecule has 1 aromatic heterocycles. The Balaban J connectivity index is 1.93. The van der Waals surface area contributed by atoms with E-state index >= 15 is 0 Å². The molecule has 0 amide bonds. The van der Waals surface area contributed by atoms with E-state index in [4.69, 9.17) is 4.74 Å². The number of para-hydroxylation sites is 1. The van der Waals surface area contributed by atoms with Gasteiger partial charge in [-0.1, -0.05) is 18.2 Å². The van der Waals surface area contributed by atoms with Crippen molar-refractivity contribution in [3.63, 3.8) is 0 Å². The fourth-order valence-electron chi connectivity index (χ4n) is 3.35. The van der Waals surface area contributed by atoms with Gasteiger partial charge in [-0.2, -0.15) is 0 Å². The second-order valence-corrected chi connectivity index (χ2v) is 6.39. The lowest BCUT2D eigenvalue weighted by Crippen LogP contribution is -2.48. The van der Waals surface area contributed by atoms with Gasteiger partial charge in [0.05, 0.1) is 23.9 Å².